The molecule has 1 aliphatic carbocycles. The Kier molecular flexibility index (Phi) is 11.4. The lowest BCUT2D eigenvalue weighted by Crippen LogP contribution is -2.56. The van der Waals surface area contributed by atoms with Crippen LogP contribution in [0.3, 0.4) is 0 Å². The third-order valence-corrected chi connectivity index (χ3v) is 7.08. The van der Waals surface area contributed by atoms with Crippen molar-refractivity contribution in [2.24, 2.45) is 11.7 Å². The smallest absolute Gasteiger partial charge is 0.408 e. The number of hydrogen-bond donors (Lipinski definition) is 4. The van der Waals surface area contributed by atoms with Crippen LogP contribution in [0.15, 0.2) is 54.6 Å². The monoisotopic (exact) mass is 638 g/mol. The SMILES string of the molecule is CC1CC1N(C(=O)C(CC(N)=O)NC(=O)OC(C)(C)C)C(C(=O)NC(Cc1ccccc1)C(=O)OC(C)(C)C)c1cccc(O)c1. The molecule has 4 amide bonds. The number of nitrogens with two attached hydrogens (primary N) is 1. The lowest BCUT2D eigenvalue weighted by atomic mass is 9.99. The van der Waals surface area contributed by atoms with Crippen molar-refractivity contribution < 1.29 is 38.6 Å². The average Bonchev–Trinajstić information content (AvgIpc) is 3.64. The second kappa shape index (κ2) is 14.7. The van der Waals surface area contributed by atoms with Crippen LogP contribution in [0.25, 0.3) is 0 Å². The molecule has 2 aromatic rings. The van der Waals surface area contributed by atoms with Gasteiger partial charge in [0, 0.05) is 12.5 Å². The topological polar surface area (TPSA) is 177 Å². The number of alkyl carbamates (subject to hydrolysis) is 1. The number of esters is 1. The molecular formula is C34H46N4O8. The van der Waals surface area contributed by atoms with Gasteiger partial charge in [0.25, 0.3) is 0 Å². The summed E-state index contributed by atoms with van der Waals surface area (Å²) in [6, 6.07) is 10.5. The van der Waals surface area contributed by atoms with Gasteiger partial charge < -0.3 is 35.8 Å². The Balaban J connectivity index is 2.07. The summed E-state index contributed by atoms with van der Waals surface area (Å²) in [6.45, 7) is 12.0. The lowest BCUT2D eigenvalue weighted by Gasteiger charge is -2.35. The summed E-state index contributed by atoms with van der Waals surface area (Å²) in [7, 11) is 0. The molecule has 2 aromatic carbocycles. The molecule has 12 heteroatoms. The summed E-state index contributed by atoms with van der Waals surface area (Å²) in [4.78, 5) is 68.2. The van der Waals surface area contributed by atoms with Crippen molar-refractivity contribution in [2.45, 2.75) is 103 Å². The molecule has 3 rings (SSSR count). The zero-order chi connectivity index (χ0) is 34.4. The van der Waals surface area contributed by atoms with Crippen LogP contribution in [-0.4, -0.2) is 69.1 Å². The molecule has 0 aliphatic heterocycles. The minimum atomic E-state index is -1.46. The Labute approximate surface area is 270 Å². The molecule has 1 aliphatic rings. The van der Waals surface area contributed by atoms with E-state index in [4.69, 9.17) is 15.2 Å². The predicted octanol–water partition coefficient (Wildman–Crippen LogP) is 3.51. The van der Waals surface area contributed by atoms with E-state index in [2.05, 4.69) is 10.6 Å². The fourth-order valence-corrected chi connectivity index (χ4v) is 5.00. The maximum atomic E-state index is 14.4. The fourth-order valence-electron chi connectivity index (χ4n) is 5.00. The van der Waals surface area contributed by atoms with Crippen molar-refractivity contribution in [3.8, 4) is 5.75 Å². The number of nitrogens with zero attached hydrogens (tertiary/aromatic N) is 1. The number of phenolic OH excluding ortho intramolecular Hbond substituents is 1. The molecule has 46 heavy (non-hydrogen) atoms. The van der Waals surface area contributed by atoms with E-state index in [0.717, 1.165) is 5.56 Å². The molecule has 0 radical (unpaired) electrons. The quantitative estimate of drug-likeness (QED) is 0.255. The van der Waals surface area contributed by atoms with Crippen molar-refractivity contribution in [3.63, 3.8) is 0 Å². The van der Waals surface area contributed by atoms with Crippen LogP contribution in [0.1, 0.15) is 78.5 Å². The molecular weight excluding hydrogens is 592 g/mol. The number of rotatable bonds is 12. The van der Waals surface area contributed by atoms with Gasteiger partial charge in [0.1, 0.15) is 35.1 Å². The largest absolute Gasteiger partial charge is 0.508 e. The minimum Gasteiger partial charge on any atom is -0.508 e. The summed E-state index contributed by atoms with van der Waals surface area (Å²) in [5, 5.41) is 15.6. The normalized spacial score (nSPS) is 17.9. The molecule has 0 bridgehead atoms. The molecule has 5 atom stereocenters. The maximum absolute atomic E-state index is 14.4. The Morgan fingerprint density at radius 3 is 2.04 bits per heavy atom. The van der Waals surface area contributed by atoms with Gasteiger partial charge >= 0.3 is 12.1 Å². The minimum absolute atomic E-state index is 0.0294. The second-order valence-electron chi connectivity index (χ2n) is 13.7. The Hall–Kier alpha value is -4.61. The molecule has 1 fully saturated rings. The van der Waals surface area contributed by atoms with Gasteiger partial charge in [-0.25, -0.2) is 9.59 Å². The first-order valence-electron chi connectivity index (χ1n) is 15.3. The number of primary amides is 1. The van der Waals surface area contributed by atoms with Gasteiger partial charge in [-0.3, -0.25) is 14.4 Å². The Morgan fingerprint density at radius 1 is 0.913 bits per heavy atom. The molecule has 0 saturated heterocycles. The third kappa shape index (κ3) is 10.8. The Morgan fingerprint density at radius 2 is 1.52 bits per heavy atom. The van der Waals surface area contributed by atoms with E-state index in [0.29, 0.717) is 6.42 Å². The molecule has 5 unspecified atom stereocenters. The van der Waals surface area contributed by atoms with E-state index >= 15 is 0 Å². The maximum Gasteiger partial charge on any atom is 0.408 e. The number of hydrogen-bond acceptors (Lipinski definition) is 8. The highest BCUT2D eigenvalue weighted by atomic mass is 16.6. The lowest BCUT2D eigenvalue weighted by molar-refractivity contribution is -0.159. The molecule has 12 nitrogen and oxygen atoms in total. The van der Waals surface area contributed by atoms with Crippen LogP contribution in [0, 0.1) is 5.92 Å². The number of nitrogens with one attached hydrogen (secondary N) is 2. The van der Waals surface area contributed by atoms with Crippen LogP contribution >= 0.6 is 0 Å². The zero-order valence-corrected chi connectivity index (χ0v) is 27.5. The van der Waals surface area contributed by atoms with Crippen LogP contribution in [0.2, 0.25) is 0 Å². The van der Waals surface area contributed by atoms with Crippen LogP contribution in [0.5, 0.6) is 5.75 Å². The van der Waals surface area contributed by atoms with Gasteiger partial charge in [0.05, 0.1) is 6.42 Å². The van der Waals surface area contributed by atoms with E-state index < -0.39 is 71.6 Å². The number of phenols is 1. The van der Waals surface area contributed by atoms with Crippen molar-refractivity contribution in [1.82, 2.24) is 15.5 Å². The molecule has 0 heterocycles. The van der Waals surface area contributed by atoms with Gasteiger partial charge in [0.15, 0.2) is 0 Å². The molecule has 250 valence electrons. The number of carbonyl (C=O) groups excluding carboxylic acids is 5. The number of benzene rings is 2. The zero-order valence-electron chi connectivity index (χ0n) is 27.5. The molecule has 1 saturated carbocycles. The summed E-state index contributed by atoms with van der Waals surface area (Å²) >= 11 is 0. The third-order valence-electron chi connectivity index (χ3n) is 7.08. The van der Waals surface area contributed by atoms with E-state index in [1.165, 1.54) is 23.1 Å². The second-order valence-corrected chi connectivity index (χ2v) is 13.7. The van der Waals surface area contributed by atoms with Gasteiger partial charge in [-0.15, -0.1) is 0 Å². The summed E-state index contributed by atoms with van der Waals surface area (Å²) in [6.07, 6.45) is -0.864. The van der Waals surface area contributed by atoms with Crippen molar-refractivity contribution in [2.75, 3.05) is 0 Å². The van der Waals surface area contributed by atoms with Crippen LogP contribution in [-0.2, 0) is 35.1 Å². The van der Waals surface area contributed by atoms with Gasteiger partial charge in [0.2, 0.25) is 17.7 Å². The number of amides is 4. The van der Waals surface area contributed by atoms with Crippen molar-refractivity contribution >= 4 is 29.8 Å². The first-order chi connectivity index (χ1) is 21.3. The van der Waals surface area contributed by atoms with Crippen molar-refractivity contribution in [1.29, 1.82) is 0 Å². The standard InChI is InChI=1S/C34H46N4O8/c1-20-16-26(20)38(30(42)24(19-27(35)40)37-32(44)46-34(5,6)7)28(22-14-11-15-23(39)18-22)29(41)36-25(31(43)45-33(2,3)4)17-21-12-9-8-10-13-21/h8-15,18,20,24-26,28,39H,16-17,19H2,1-7H3,(H2,35,40)(H,36,41)(H,37,44). The summed E-state index contributed by atoms with van der Waals surface area (Å²) in [5.41, 5.74) is 4.75. The number of carbonyl (C=O) groups is 5. The van der Waals surface area contributed by atoms with Gasteiger partial charge in [-0.05, 0) is 77.1 Å². The summed E-state index contributed by atoms with van der Waals surface area (Å²) in [5.74, 6) is -3.18. The van der Waals surface area contributed by atoms with E-state index in [1.54, 1.807) is 47.6 Å². The van der Waals surface area contributed by atoms with Crippen LogP contribution < -0.4 is 16.4 Å². The number of ether oxygens (including phenoxy) is 2. The fraction of sp³-hybridized carbons (Fsp3) is 0.500. The van der Waals surface area contributed by atoms with Crippen LogP contribution in [0.4, 0.5) is 4.79 Å². The Bertz CT molecular complexity index is 1420. The van der Waals surface area contributed by atoms with E-state index in [9.17, 15) is 29.1 Å². The van der Waals surface area contributed by atoms with Gasteiger partial charge in [-0.1, -0.05) is 49.4 Å². The summed E-state index contributed by atoms with van der Waals surface area (Å²) < 4.78 is 11.0. The average molecular weight is 639 g/mol. The predicted molar refractivity (Wildman–Crippen MR) is 170 cm³/mol. The first-order valence-corrected chi connectivity index (χ1v) is 15.3. The van der Waals surface area contributed by atoms with E-state index in [1.807, 2.05) is 37.3 Å². The highest BCUT2D eigenvalue weighted by Gasteiger charge is 2.49. The number of aromatic hydroxyl groups is 1. The first kappa shape index (κ1) is 35.9. The molecule has 0 aromatic heterocycles. The van der Waals surface area contributed by atoms with Gasteiger partial charge in [-0.2, -0.15) is 0 Å². The highest BCUT2D eigenvalue weighted by Crippen LogP contribution is 2.41. The molecule has 5 N–H and O–H groups in total. The highest BCUT2D eigenvalue weighted by molar-refractivity contribution is 5.96. The van der Waals surface area contributed by atoms with Crippen molar-refractivity contribution in [3.05, 3.63) is 65.7 Å². The van der Waals surface area contributed by atoms with E-state index in [-0.39, 0.29) is 23.7 Å². The molecule has 0 spiro atoms.